The van der Waals surface area contributed by atoms with Gasteiger partial charge in [-0.25, -0.2) is 0 Å². The molecule has 1 unspecified atom stereocenters. The molecule has 1 atom stereocenters. The minimum Gasteiger partial charge on any atom is -0.370 e. The van der Waals surface area contributed by atoms with Gasteiger partial charge in [0.05, 0.1) is 0 Å². The van der Waals surface area contributed by atoms with Crippen LogP contribution in [0, 0.1) is 0 Å². The van der Waals surface area contributed by atoms with Crippen molar-refractivity contribution in [3.63, 3.8) is 0 Å². The maximum absolute atomic E-state index is 3.42. The fraction of sp³-hybridized carbons (Fsp3) is 0.636. The molecule has 2 heterocycles. The van der Waals surface area contributed by atoms with Crippen molar-refractivity contribution in [2.24, 2.45) is 0 Å². The molecule has 2 aliphatic rings. The zero-order valence-corrected chi connectivity index (χ0v) is 9.03. The third-order valence-corrected chi connectivity index (χ3v) is 3.16. The normalized spacial score (nSPS) is 34.4. The number of rotatable bonds is 1. The molecule has 2 aliphatic heterocycles. The lowest BCUT2D eigenvalue weighted by Crippen LogP contribution is -2.60. The van der Waals surface area contributed by atoms with Crippen molar-refractivity contribution < 1.29 is 0 Å². The molecule has 0 amide bonds. The van der Waals surface area contributed by atoms with Crippen LogP contribution >= 0.6 is 0 Å². The maximum atomic E-state index is 3.42. The number of piperazine rings is 1. The summed E-state index contributed by atoms with van der Waals surface area (Å²) in [6.45, 7) is 6.83. The predicted octanol–water partition coefficient (Wildman–Crippen LogP) is 0.623. The number of allylic oxidation sites excluding steroid dienone is 2. The topological polar surface area (TPSA) is 18.5 Å². The van der Waals surface area contributed by atoms with E-state index in [9.17, 15) is 0 Å². The third-order valence-electron chi connectivity index (χ3n) is 3.16. The quantitative estimate of drug-likeness (QED) is 0.659. The highest BCUT2D eigenvalue weighted by Crippen LogP contribution is 2.17. The summed E-state index contributed by atoms with van der Waals surface area (Å²) in [5.74, 6) is 0. The molecule has 3 nitrogen and oxygen atoms in total. The number of nitrogens with zero attached hydrogens (tertiary/aromatic N) is 2. The van der Waals surface area contributed by atoms with E-state index in [1.807, 2.05) is 12.3 Å². The molecule has 3 heteroatoms. The van der Waals surface area contributed by atoms with Crippen LogP contribution in [0.1, 0.15) is 6.92 Å². The molecular weight excluding hydrogens is 174 g/mol. The summed E-state index contributed by atoms with van der Waals surface area (Å²) in [7, 11) is 2.18. The molecule has 1 fully saturated rings. The van der Waals surface area contributed by atoms with Crippen molar-refractivity contribution in [2.45, 2.75) is 12.6 Å². The Kier molecular flexibility index (Phi) is 2.61. The first kappa shape index (κ1) is 9.74. The van der Waals surface area contributed by atoms with Crippen LogP contribution in [-0.4, -0.2) is 48.7 Å². The third kappa shape index (κ3) is 1.83. The van der Waals surface area contributed by atoms with Gasteiger partial charge >= 0.3 is 0 Å². The molecule has 1 N–H and O–H groups in total. The first-order chi connectivity index (χ1) is 6.71. The molecule has 0 aromatic heterocycles. The second-order valence-corrected chi connectivity index (χ2v) is 4.30. The number of hydrogen-bond acceptors (Lipinski definition) is 3. The Morgan fingerprint density at radius 3 is 2.43 bits per heavy atom. The number of hydrogen-bond donors (Lipinski definition) is 1. The number of nitrogens with one attached hydrogen (secondary N) is 1. The van der Waals surface area contributed by atoms with Gasteiger partial charge in [0.1, 0.15) is 5.66 Å². The molecule has 0 aromatic rings. The Morgan fingerprint density at radius 2 is 1.86 bits per heavy atom. The van der Waals surface area contributed by atoms with Crippen LogP contribution in [0.2, 0.25) is 0 Å². The first-order valence-corrected chi connectivity index (χ1v) is 5.26. The Bertz CT molecular complexity index is 251. The van der Waals surface area contributed by atoms with Gasteiger partial charge in [0.25, 0.3) is 0 Å². The summed E-state index contributed by atoms with van der Waals surface area (Å²) in [6, 6.07) is 0. The first-order valence-electron chi connectivity index (χ1n) is 5.26. The van der Waals surface area contributed by atoms with Gasteiger partial charge in [-0.1, -0.05) is 6.08 Å². The van der Waals surface area contributed by atoms with Crippen molar-refractivity contribution in [3.8, 4) is 0 Å². The van der Waals surface area contributed by atoms with Gasteiger partial charge in [0.2, 0.25) is 0 Å². The molecule has 0 bridgehead atoms. The van der Waals surface area contributed by atoms with Gasteiger partial charge in [0.15, 0.2) is 0 Å². The molecule has 2 rings (SSSR count). The van der Waals surface area contributed by atoms with Crippen molar-refractivity contribution in [2.75, 3.05) is 33.2 Å². The molecule has 0 saturated carbocycles. The van der Waals surface area contributed by atoms with Crippen LogP contribution in [-0.2, 0) is 0 Å². The van der Waals surface area contributed by atoms with Gasteiger partial charge in [-0.2, -0.15) is 0 Å². The van der Waals surface area contributed by atoms with Crippen LogP contribution in [0.3, 0.4) is 0 Å². The minimum absolute atomic E-state index is 0.0238. The number of dihydropyridines is 1. The van der Waals surface area contributed by atoms with Gasteiger partial charge in [-0.3, -0.25) is 4.90 Å². The highest BCUT2D eigenvalue weighted by Gasteiger charge is 2.30. The van der Waals surface area contributed by atoms with Crippen LogP contribution < -0.4 is 5.32 Å². The van der Waals surface area contributed by atoms with E-state index < -0.39 is 0 Å². The second-order valence-electron chi connectivity index (χ2n) is 4.30. The molecule has 78 valence electrons. The molecule has 1 saturated heterocycles. The van der Waals surface area contributed by atoms with Crippen LogP contribution in [0.4, 0.5) is 0 Å². The molecule has 0 aliphatic carbocycles. The predicted molar refractivity (Wildman–Crippen MR) is 58.9 cm³/mol. The van der Waals surface area contributed by atoms with Crippen molar-refractivity contribution >= 4 is 0 Å². The lowest BCUT2D eigenvalue weighted by atomic mass is 10.1. The van der Waals surface area contributed by atoms with Gasteiger partial charge in [-0.15, -0.1) is 0 Å². The van der Waals surface area contributed by atoms with Crippen LogP contribution in [0.25, 0.3) is 0 Å². The van der Waals surface area contributed by atoms with Gasteiger partial charge in [0, 0.05) is 26.2 Å². The fourth-order valence-electron chi connectivity index (χ4n) is 2.03. The van der Waals surface area contributed by atoms with Crippen LogP contribution in [0.15, 0.2) is 24.4 Å². The van der Waals surface area contributed by atoms with Gasteiger partial charge in [-0.05, 0) is 32.3 Å². The summed E-state index contributed by atoms with van der Waals surface area (Å²) < 4.78 is 0. The molecule has 0 aromatic carbocycles. The zero-order chi connectivity index (χ0) is 10.0. The molecule has 0 radical (unpaired) electrons. The standard InChI is InChI=1S/C11H19N3/c1-11(5-3-4-6-12-11)14-9-7-13(2)8-10-14/h3-6,12H,7-10H2,1-2H3. The SMILES string of the molecule is CN1CCN(C2(C)C=CC=CN2)CC1. The van der Waals surface area contributed by atoms with Crippen molar-refractivity contribution in [1.29, 1.82) is 0 Å². The summed E-state index contributed by atoms with van der Waals surface area (Å²) >= 11 is 0. The van der Waals surface area contributed by atoms with E-state index in [1.54, 1.807) is 0 Å². The smallest absolute Gasteiger partial charge is 0.107 e. The molecule has 14 heavy (non-hydrogen) atoms. The van der Waals surface area contributed by atoms with Crippen LogP contribution in [0.5, 0.6) is 0 Å². The van der Waals surface area contributed by atoms with E-state index >= 15 is 0 Å². The monoisotopic (exact) mass is 193 g/mol. The van der Waals surface area contributed by atoms with Gasteiger partial charge < -0.3 is 10.2 Å². The Morgan fingerprint density at radius 1 is 1.14 bits per heavy atom. The Hall–Kier alpha value is -0.800. The molecule has 0 spiro atoms. The van der Waals surface area contributed by atoms with E-state index in [0.717, 1.165) is 26.2 Å². The highest BCUT2D eigenvalue weighted by atomic mass is 15.4. The summed E-state index contributed by atoms with van der Waals surface area (Å²) in [5, 5.41) is 3.42. The zero-order valence-electron chi connectivity index (χ0n) is 9.03. The largest absolute Gasteiger partial charge is 0.370 e. The lowest BCUT2D eigenvalue weighted by Gasteiger charge is -2.44. The van der Waals surface area contributed by atoms with Crippen molar-refractivity contribution in [1.82, 2.24) is 15.1 Å². The summed E-state index contributed by atoms with van der Waals surface area (Å²) in [4.78, 5) is 4.87. The Balaban J connectivity index is 2.00. The van der Waals surface area contributed by atoms with E-state index in [4.69, 9.17) is 0 Å². The minimum atomic E-state index is 0.0238. The fourth-order valence-corrected chi connectivity index (χ4v) is 2.03. The van der Waals surface area contributed by atoms with E-state index in [0.29, 0.717) is 0 Å². The maximum Gasteiger partial charge on any atom is 0.107 e. The average molecular weight is 193 g/mol. The second kappa shape index (κ2) is 3.75. The summed E-state index contributed by atoms with van der Waals surface area (Å²) in [6.07, 6.45) is 8.42. The Labute approximate surface area is 86.1 Å². The van der Waals surface area contributed by atoms with Crippen molar-refractivity contribution in [3.05, 3.63) is 24.4 Å². The average Bonchev–Trinajstić information content (AvgIpc) is 2.19. The lowest BCUT2D eigenvalue weighted by molar-refractivity contribution is 0.0666. The molecular formula is C11H19N3. The van der Waals surface area contributed by atoms with E-state index in [1.165, 1.54) is 0 Å². The summed E-state index contributed by atoms with van der Waals surface area (Å²) in [5.41, 5.74) is 0.0238. The van der Waals surface area contributed by atoms with E-state index in [2.05, 4.69) is 41.2 Å². The number of likely N-dealkylation sites (N-methyl/N-ethyl adjacent to an activating group) is 1. The highest BCUT2D eigenvalue weighted by molar-refractivity contribution is 5.17. The van der Waals surface area contributed by atoms with E-state index in [-0.39, 0.29) is 5.66 Å².